The minimum Gasteiger partial charge on any atom is -0.494 e. The Morgan fingerprint density at radius 3 is 2.55 bits per heavy atom. The second-order valence-corrected chi connectivity index (χ2v) is 8.94. The van der Waals surface area contributed by atoms with E-state index in [-0.39, 0.29) is 22.7 Å². The molecule has 0 saturated heterocycles. The van der Waals surface area contributed by atoms with Crippen molar-refractivity contribution in [2.24, 2.45) is 14.1 Å². The minimum atomic E-state index is -0.500. The summed E-state index contributed by atoms with van der Waals surface area (Å²) in [5.41, 5.74) is -0.113. The van der Waals surface area contributed by atoms with Crippen LogP contribution in [0.4, 0.5) is 5.69 Å². The highest BCUT2D eigenvalue weighted by molar-refractivity contribution is 8.00. The van der Waals surface area contributed by atoms with Crippen LogP contribution in [0.2, 0.25) is 0 Å². The summed E-state index contributed by atoms with van der Waals surface area (Å²) in [6, 6.07) is 10.8. The highest BCUT2D eigenvalue weighted by atomic mass is 32.2. The fraction of sp³-hybridized carbons (Fsp3) is 0.227. The van der Waals surface area contributed by atoms with Gasteiger partial charge in [0.2, 0.25) is 5.91 Å². The number of thiophene rings is 1. The molecule has 0 atom stereocenters. The SMILES string of the molecule is CCOc1ccc(NC(=O)CSc2nc(-c3cccs3)nc3c2c(=O)n(C)c(=O)n3C)cc1. The highest BCUT2D eigenvalue weighted by Gasteiger charge is 2.19. The zero-order valence-corrected chi connectivity index (χ0v) is 19.8. The van der Waals surface area contributed by atoms with Gasteiger partial charge in [-0.25, -0.2) is 14.8 Å². The molecular weight excluding hydrogens is 462 g/mol. The molecule has 0 bridgehead atoms. The molecule has 0 aliphatic heterocycles. The maximum absolute atomic E-state index is 12.9. The highest BCUT2D eigenvalue weighted by Crippen LogP contribution is 2.28. The van der Waals surface area contributed by atoms with Crippen molar-refractivity contribution in [3.05, 3.63) is 62.6 Å². The van der Waals surface area contributed by atoms with E-state index in [1.165, 1.54) is 23.0 Å². The second-order valence-electron chi connectivity index (χ2n) is 7.03. The lowest BCUT2D eigenvalue weighted by atomic mass is 10.3. The monoisotopic (exact) mass is 483 g/mol. The van der Waals surface area contributed by atoms with E-state index >= 15 is 0 Å². The summed E-state index contributed by atoms with van der Waals surface area (Å²) in [6.45, 7) is 2.46. The molecule has 11 heteroatoms. The third-order valence-electron chi connectivity index (χ3n) is 4.80. The third-order valence-corrected chi connectivity index (χ3v) is 6.64. The Balaban J connectivity index is 1.65. The van der Waals surface area contributed by atoms with Crippen LogP contribution >= 0.6 is 23.1 Å². The number of aromatic nitrogens is 4. The van der Waals surface area contributed by atoms with Gasteiger partial charge in [0, 0.05) is 19.8 Å². The second kappa shape index (κ2) is 9.59. The van der Waals surface area contributed by atoms with Gasteiger partial charge in [-0.3, -0.25) is 18.7 Å². The van der Waals surface area contributed by atoms with Crippen LogP contribution in [-0.2, 0) is 18.9 Å². The molecular formula is C22H21N5O4S2. The molecule has 0 unspecified atom stereocenters. The zero-order chi connectivity index (χ0) is 23.5. The van der Waals surface area contributed by atoms with E-state index in [9.17, 15) is 14.4 Å². The molecule has 0 radical (unpaired) electrons. The van der Waals surface area contributed by atoms with E-state index in [1.54, 1.807) is 31.3 Å². The number of ether oxygens (including phenoxy) is 1. The molecule has 4 aromatic rings. The Bertz CT molecular complexity index is 1430. The van der Waals surface area contributed by atoms with Crippen LogP contribution in [0.3, 0.4) is 0 Å². The molecule has 1 N–H and O–H groups in total. The van der Waals surface area contributed by atoms with Crippen LogP contribution in [0.1, 0.15) is 6.92 Å². The molecule has 0 spiro atoms. The van der Waals surface area contributed by atoms with Crippen LogP contribution in [0.15, 0.2) is 56.4 Å². The van der Waals surface area contributed by atoms with Crippen molar-refractivity contribution in [1.29, 1.82) is 0 Å². The van der Waals surface area contributed by atoms with Gasteiger partial charge < -0.3 is 10.1 Å². The van der Waals surface area contributed by atoms with Gasteiger partial charge in [0.15, 0.2) is 11.5 Å². The van der Waals surface area contributed by atoms with Gasteiger partial charge >= 0.3 is 5.69 Å². The summed E-state index contributed by atoms with van der Waals surface area (Å²) >= 11 is 2.57. The number of carbonyl (C=O) groups excluding carboxylic acids is 1. The van der Waals surface area contributed by atoms with Gasteiger partial charge in [0.1, 0.15) is 16.2 Å². The summed E-state index contributed by atoms with van der Waals surface area (Å²) < 4.78 is 7.74. The van der Waals surface area contributed by atoms with Gasteiger partial charge in [0.05, 0.1) is 17.2 Å². The molecule has 0 fully saturated rings. The summed E-state index contributed by atoms with van der Waals surface area (Å²) in [6.07, 6.45) is 0. The smallest absolute Gasteiger partial charge is 0.332 e. The number of benzene rings is 1. The van der Waals surface area contributed by atoms with Crippen LogP contribution in [0.5, 0.6) is 5.75 Å². The molecule has 3 aromatic heterocycles. The summed E-state index contributed by atoms with van der Waals surface area (Å²) in [5.74, 6) is 0.889. The molecule has 1 aromatic carbocycles. The van der Waals surface area contributed by atoms with Gasteiger partial charge in [-0.05, 0) is 42.6 Å². The van der Waals surface area contributed by atoms with E-state index in [2.05, 4.69) is 15.3 Å². The maximum Gasteiger partial charge on any atom is 0.332 e. The number of carbonyl (C=O) groups is 1. The van der Waals surface area contributed by atoms with Gasteiger partial charge in [-0.15, -0.1) is 11.3 Å². The van der Waals surface area contributed by atoms with E-state index < -0.39 is 11.2 Å². The first-order valence-corrected chi connectivity index (χ1v) is 11.9. The molecule has 0 aliphatic rings. The molecule has 1 amide bonds. The Morgan fingerprint density at radius 2 is 1.88 bits per heavy atom. The lowest BCUT2D eigenvalue weighted by Gasteiger charge is -2.11. The van der Waals surface area contributed by atoms with Crippen molar-refractivity contribution >= 4 is 45.7 Å². The summed E-state index contributed by atoms with van der Waals surface area (Å²) in [5, 5.41) is 5.27. The number of aryl methyl sites for hydroxylation is 1. The lowest BCUT2D eigenvalue weighted by Crippen LogP contribution is -2.37. The first kappa shape index (κ1) is 22.7. The molecule has 170 valence electrons. The van der Waals surface area contributed by atoms with Crippen LogP contribution in [-0.4, -0.2) is 37.4 Å². The fourth-order valence-corrected chi connectivity index (χ4v) is 4.65. The van der Waals surface area contributed by atoms with Gasteiger partial charge in [0.25, 0.3) is 5.56 Å². The first-order chi connectivity index (χ1) is 15.9. The minimum absolute atomic E-state index is 0.0230. The zero-order valence-electron chi connectivity index (χ0n) is 18.2. The number of nitrogens with zero attached hydrogens (tertiary/aromatic N) is 4. The van der Waals surface area contributed by atoms with Crippen molar-refractivity contribution in [1.82, 2.24) is 19.1 Å². The normalized spacial score (nSPS) is 11.0. The van der Waals surface area contributed by atoms with E-state index in [4.69, 9.17) is 4.74 Å². The Labute approximate surface area is 197 Å². The summed E-state index contributed by atoms with van der Waals surface area (Å²) in [4.78, 5) is 47.7. The molecule has 0 aliphatic carbocycles. The van der Waals surface area contributed by atoms with Crippen LogP contribution in [0, 0.1) is 0 Å². The molecule has 0 saturated carbocycles. The van der Waals surface area contributed by atoms with E-state index in [1.807, 2.05) is 24.4 Å². The number of fused-ring (bicyclic) bond motifs is 1. The number of anilines is 1. The van der Waals surface area contributed by atoms with E-state index in [0.29, 0.717) is 23.1 Å². The average Bonchev–Trinajstić information content (AvgIpc) is 3.36. The number of hydrogen-bond donors (Lipinski definition) is 1. The lowest BCUT2D eigenvalue weighted by molar-refractivity contribution is -0.113. The maximum atomic E-state index is 12.9. The fourth-order valence-electron chi connectivity index (χ4n) is 3.18. The predicted molar refractivity (Wildman–Crippen MR) is 130 cm³/mol. The van der Waals surface area contributed by atoms with Crippen molar-refractivity contribution < 1.29 is 9.53 Å². The van der Waals surface area contributed by atoms with E-state index in [0.717, 1.165) is 27.0 Å². The van der Waals surface area contributed by atoms with Crippen molar-refractivity contribution in [3.63, 3.8) is 0 Å². The Hall–Kier alpha value is -3.44. The molecule has 4 rings (SSSR count). The third kappa shape index (κ3) is 4.69. The Kier molecular flexibility index (Phi) is 6.61. The Morgan fingerprint density at radius 1 is 1.12 bits per heavy atom. The number of nitrogens with one attached hydrogen (secondary N) is 1. The predicted octanol–water partition coefficient (Wildman–Crippen LogP) is 2.89. The standard InChI is InChI=1S/C22H21N5O4S2/c1-4-31-14-9-7-13(8-10-14)23-16(28)12-33-20-17-19(26(2)22(30)27(3)21(17)29)24-18(25-20)15-6-5-11-32-15/h5-11H,4,12H2,1-3H3,(H,23,28). The number of hydrogen-bond acceptors (Lipinski definition) is 8. The molecule has 33 heavy (non-hydrogen) atoms. The topological polar surface area (TPSA) is 108 Å². The van der Waals surface area contributed by atoms with Crippen LogP contribution in [0.25, 0.3) is 21.7 Å². The number of amides is 1. The quantitative estimate of drug-likeness (QED) is 0.318. The van der Waals surface area contributed by atoms with Gasteiger partial charge in [-0.1, -0.05) is 17.8 Å². The van der Waals surface area contributed by atoms with Crippen molar-refractivity contribution in [3.8, 4) is 16.5 Å². The first-order valence-electron chi connectivity index (χ1n) is 10.1. The van der Waals surface area contributed by atoms with Crippen LogP contribution < -0.4 is 21.3 Å². The molecule has 3 heterocycles. The van der Waals surface area contributed by atoms with Crippen molar-refractivity contribution in [2.45, 2.75) is 11.9 Å². The van der Waals surface area contributed by atoms with Crippen molar-refractivity contribution in [2.75, 3.05) is 17.7 Å². The average molecular weight is 484 g/mol. The largest absolute Gasteiger partial charge is 0.494 e. The number of rotatable bonds is 7. The van der Waals surface area contributed by atoms with Gasteiger partial charge in [-0.2, -0.15) is 0 Å². The summed E-state index contributed by atoms with van der Waals surface area (Å²) in [7, 11) is 2.97. The molecule has 9 nitrogen and oxygen atoms in total. The number of thioether (sulfide) groups is 1.